The first kappa shape index (κ1) is 14.9. The highest BCUT2D eigenvalue weighted by Crippen LogP contribution is 2.43. The number of methoxy groups -OCH3 is 2. The Morgan fingerprint density at radius 1 is 1.05 bits per heavy atom. The van der Waals surface area contributed by atoms with Gasteiger partial charge in [0.15, 0.2) is 11.5 Å². The average molecular weight is 299 g/mol. The van der Waals surface area contributed by atoms with Crippen LogP contribution in [0.4, 0.5) is 0 Å². The Bertz CT molecular complexity index is 657. The molecule has 0 amide bonds. The molecule has 2 aromatic rings. The van der Waals surface area contributed by atoms with Crippen molar-refractivity contribution >= 4 is 0 Å². The Kier molecular flexibility index (Phi) is 4.05. The molecule has 0 aliphatic carbocycles. The van der Waals surface area contributed by atoms with Gasteiger partial charge in [0, 0.05) is 6.54 Å². The minimum absolute atomic E-state index is 0.0631. The van der Waals surface area contributed by atoms with Crippen molar-refractivity contribution in [3.05, 3.63) is 59.2 Å². The summed E-state index contributed by atoms with van der Waals surface area (Å²) in [7, 11) is 5.26. The van der Waals surface area contributed by atoms with E-state index in [0.29, 0.717) is 11.5 Å². The number of fused-ring (bicyclic) bond motifs is 1. The molecular formula is C18H21NO3. The predicted octanol–water partition coefficient (Wildman–Crippen LogP) is 2.92. The third-order valence-corrected chi connectivity index (χ3v) is 4.30. The van der Waals surface area contributed by atoms with E-state index in [2.05, 4.69) is 17.0 Å². The number of aliphatic hydroxyl groups excluding tert-OH is 1. The summed E-state index contributed by atoms with van der Waals surface area (Å²) in [5.41, 5.74) is 3.09. The largest absolute Gasteiger partial charge is 0.493 e. The van der Waals surface area contributed by atoms with E-state index in [9.17, 15) is 5.11 Å². The molecule has 1 heterocycles. The lowest BCUT2D eigenvalue weighted by molar-refractivity contribution is 0.0421. The Balaban J connectivity index is 2.05. The lowest BCUT2D eigenvalue weighted by Crippen LogP contribution is -2.34. The van der Waals surface area contributed by atoms with Crippen molar-refractivity contribution in [3.63, 3.8) is 0 Å². The second-order valence-corrected chi connectivity index (χ2v) is 5.62. The number of nitrogens with zero attached hydrogens (tertiary/aromatic N) is 1. The zero-order chi connectivity index (χ0) is 15.7. The summed E-state index contributed by atoms with van der Waals surface area (Å²) in [4.78, 5) is 2.16. The van der Waals surface area contributed by atoms with Crippen LogP contribution in [0.25, 0.3) is 0 Å². The molecule has 0 saturated heterocycles. The van der Waals surface area contributed by atoms with Gasteiger partial charge in [-0.25, -0.2) is 0 Å². The van der Waals surface area contributed by atoms with Gasteiger partial charge in [0.2, 0.25) is 0 Å². The van der Waals surface area contributed by atoms with Crippen LogP contribution in [0.3, 0.4) is 0 Å². The third-order valence-electron chi connectivity index (χ3n) is 4.30. The predicted molar refractivity (Wildman–Crippen MR) is 85.2 cm³/mol. The molecule has 3 rings (SSSR count). The number of hydrogen-bond donors (Lipinski definition) is 1. The number of likely N-dealkylation sites (N-methyl/N-ethyl adjacent to an activating group) is 1. The number of hydrogen-bond acceptors (Lipinski definition) is 4. The van der Waals surface area contributed by atoms with Gasteiger partial charge >= 0.3 is 0 Å². The van der Waals surface area contributed by atoms with Crippen LogP contribution in [-0.4, -0.2) is 31.3 Å². The van der Waals surface area contributed by atoms with Crippen molar-refractivity contribution in [1.29, 1.82) is 0 Å². The summed E-state index contributed by atoms with van der Waals surface area (Å²) in [5, 5.41) is 10.9. The van der Waals surface area contributed by atoms with Gasteiger partial charge in [0.05, 0.1) is 26.4 Å². The fourth-order valence-corrected chi connectivity index (χ4v) is 3.21. The minimum atomic E-state index is -0.601. The maximum atomic E-state index is 10.9. The molecule has 0 bridgehead atoms. The highest BCUT2D eigenvalue weighted by molar-refractivity contribution is 5.50. The molecule has 22 heavy (non-hydrogen) atoms. The molecule has 4 heteroatoms. The monoisotopic (exact) mass is 299 g/mol. The van der Waals surface area contributed by atoms with Crippen LogP contribution >= 0.6 is 0 Å². The second-order valence-electron chi connectivity index (χ2n) is 5.62. The van der Waals surface area contributed by atoms with Crippen LogP contribution < -0.4 is 9.47 Å². The van der Waals surface area contributed by atoms with Gasteiger partial charge in [-0.15, -0.1) is 0 Å². The van der Waals surface area contributed by atoms with E-state index in [0.717, 1.165) is 23.2 Å². The van der Waals surface area contributed by atoms with E-state index in [1.54, 1.807) is 14.2 Å². The molecule has 0 unspecified atom stereocenters. The van der Waals surface area contributed by atoms with Crippen LogP contribution in [0.2, 0.25) is 0 Å². The van der Waals surface area contributed by atoms with Crippen LogP contribution in [0.15, 0.2) is 42.5 Å². The quantitative estimate of drug-likeness (QED) is 0.946. The molecule has 0 aromatic heterocycles. The molecule has 0 spiro atoms. The Hall–Kier alpha value is -2.04. The molecular weight excluding hydrogens is 278 g/mol. The highest BCUT2D eigenvalue weighted by atomic mass is 16.5. The van der Waals surface area contributed by atoms with E-state index in [1.807, 2.05) is 37.4 Å². The van der Waals surface area contributed by atoms with Crippen molar-refractivity contribution in [2.45, 2.75) is 18.7 Å². The summed E-state index contributed by atoms with van der Waals surface area (Å²) in [5.74, 6) is 1.34. The zero-order valence-corrected chi connectivity index (χ0v) is 13.1. The first-order chi connectivity index (χ1) is 10.7. The summed E-state index contributed by atoms with van der Waals surface area (Å²) >= 11 is 0. The van der Waals surface area contributed by atoms with Gasteiger partial charge in [-0.1, -0.05) is 30.3 Å². The SMILES string of the molecule is COc1cc2c(cc1OC)[C@H](O)[C@H](c1ccccc1)N(C)C2. The van der Waals surface area contributed by atoms with Crippen molar-refractivity contribution in [1.82, 2.24) is 4.90 Å². The molecule has 4 nitrogen and oxygen atoms in total. The van der Waals surface area contributed by atoms with Gasteiger partial charge in [-0.3, -0.25) is 4.90 Å². The maximum Gasteiger partial charge on any atom is 0.161 e. The number of rotatable bonds is 3. The molecule has 1 aliphatic heterocycles. The van der Waals surface area contributed by atoms with Gasteiger partial charge in [0.25, 0.3) is 0 Å². The fraction of sp³-hybridized carbons (Fsp3) is 0.333. The molecule has 2 aromatic carbocycles. The smallest absolute Gasteiger partial charge is 0.161 e. The summed E-state index contributed by atoms with van der Waals surface area (Å²) < 4.78 is 10.7. The van der Waals surface area contributed by atoms with E-state index < -0.39 is 6.10 Å². The Morgan fingerprint density at radius 3 is 2.32 bits per heavy atom. The standard InChI is InChI=1S/C18H21NO3/c1-19-11-13-9-15(21-2)16(22-3)10-14(13)18(20)17(19)12-7-5-4-6-8-12/h4-10,17-18,20H,11H2,1-3H3/t17-,18-/m0/s1. The number of ether oxygens (including phenoxy) is 2. The second kappa shape index (κ2) is 5.99. The van der Waals surface area contributed by atoms with Gasteiger partial charge in [-0.05, 0) is 35.9 Å². The maximum absolute atomic E-state index is 10.9. The fourth-order valence-electron chi connectivity index (χ4n) is 3.21. The molecule has 1 aliphatic rings. The lowest BCUT2D eigenvalue weighted by atomic mass is 9.87. The number of aliphatic hydroxyl groups is 1. The average Bonchev–Trinajstić information content (AvgIpc) is 2.54. The van der Waals surface area contributed by atoms with E-state index >= 15 is 0 Å². The summed E-state index contributed by atoms with van der Waals surface area (Å²) in [6, 6.07) is 13.9. The third kappa shape index (κ3) is 2.45. The van der Waals surface area contributed by atoms with Crippen LogP contribution in [0.5, 0.6) is 11.5 Å². The van der Waals surface area contributed by atoms with Crippen molar-refractivity contribution in [3.8, 4) is 11.5 Å². The molecule has 1 N–H and O–H groups in total. The Morgan fingerprint density at radius 2 is 1.68 bits per heavy atom. The van der Waals surface area contributed by atoms with Gasteiger partial charge in [-0.2, -0.15) is 0 Å². The van der Waals surface area contributed by atoms with Crippen molar-refractivity contribution < 1.29 is 14.6 Å². The summed E-state index contributed by atoms with van der Waals surface area (Å²) in [6.45, 7) is 0.756. The van der Waals surface area contributed by atoms with E-state index in [-0.39, 0.29) is 6.04 Å². The van der Waals surface area contributed by atoms with Crippen LogP contribution in [0, 0.1) is 0 Å². The molecule has 2 atom stereocenters. The van der Waals surface area contributed by atoms with Crippen molar-refractivity contribution in [2.24, 2.45) is 0 Å². The van der Waals surface area contributed by atoms with E-state index in [1.165, 1.54) is 0 Å². The zero-order valence-electron chi connectivity index (χ0n) is 13.1. The lowest BCUT2D eigenvalue weighted by Gasteiger charge is -2.38. The van der Waals surface area contributed by atoms with Crippen molar-refractivity contribution in [2.75, 3.05) is 21.3 Å². The highest BCUT2D eigenvalue weighted by Gasteiger charge is 2.34. The first-order valence-electron chi connectivity index (χ1n) is 7.33. The normalized spacial score (nSPS) is 21.3. The van der Waals surface area contributed by atoms with Crippen LogP contribution in [-0.2, 0) is 6.54 Å². The van der Waals surface area contributed by atoms with Gasteiger partial charge < -0.3 is 14.6 Å². The molecule has 0 saturated carbocycles. The summed E-state index contributed by atoms with van der Waals surface area (Å²) in [6.07, 6.45) is -0.601. The van der Waals surface area contributed by atoms with E-state index in [4.69, 9.17) is 9.47 Å². The topological polar surface area (TPSA) is 41.9 Å². The first-order valence-corrected chi connectivity index (χ1v) is 7.33. The molecule has 0 radical (unpaired) electrons. The minimum Gasteiger partial charge on any atom is -0.493 e. The van der Waals surface area contributed by atoms with Gasteiger partial charge in [0.1, 0.15) is 0 Å². The number of benzene rings is 2. The Labute approximate surface area is 130 Å². The molecule has 0 fully saturated rings. The van der Waals surface area contributed by atoms with Crippen LogP contribution in [0.1, 0.15) is 28.8 Å². The molecule has 116 valence electrons.